The molecule has 0 fully saturated rings. The molecule has 0 aliphatic carbocycles. The van der Waals surface area contributed by atoms with Crippen LogP contribution in [0.25, 0.3) is 22.6 Å². The number of halogens is 1. The van der Waals surface area contributed by atoms with Crippen LogP contribution in [0.15, 0.2) is 65.3 Å². The van der Waals surface area contributed by atoms with Crippen LogP contribution in [0.4, 0.5) is 5.69 Å². The summed E-state index contributed by atoms with van der Waals surface area (Å²) in [6.45, 7) is 0.756. The molecule has 4 aromatic rings. The van der Waals surface area contributed by atoms with Crippen LogP contribution in [0, 0.1) is 0 Å². The molecule has 2 aromatic carbocycles. The number of imidazole rings is 1. The van der Waals surface area contributed by atoms with Crippen LogP contribution in [0.5, 0.6) is 5.75 Å². The van der Waals surface area contributed by atoms with Gasteiger partial charge in [0.1, 0.15) is 11.6 Å². The molecule has 0 aliphatic rings. The minimum atomic E-state index is 0.713. The van der Waals surface area contributed by atoms with Gasteiger partial charge in [-0.25, -0.2) is 9.97 Å². The maximum absolute atomic E-state index is 5.18. The van der Waals surface area contributed by atoms with E-state index in [0.717, 1.165) is 39.4 Å². The van der Waals surface area contributed by atoms with Gasteiger partial charge >= 0.3 is 0 Å². The summed E-state index contributed by atoms with van der Waals surface area (Å²) in [6.07, 6.45) is 1.75. The van der Waals surface area contributed by atoms with Crippen LogP contribution in [-0.4, -0.2) is 22.1 Å². The molecule has 0 atom stereocenters. The molecule has 130 valence electrons. The molecule has 0 saturated carbocycles. The number of H-pyrrole nitrogens is 1. The third-order valence-corrected chi connectivity index (χ3v) is 4.55. The largest absolute Gasteiger partial charge is 0.497 e. The van der Waals surface area contributed by atoms with Crippen molar-refractivity contribution < 1.29 is 4.74 Å². The molecule has 5 nitrogen and oxygen atoms in total. The topological polar surface area (TPSA) is 62.8 Å². The summed E-state index contributed by atoms with van der Waals surface area (Å²) < 4.78 is 6.11. The molecule has 0 amide bonds. The van der Waals surface area contributed by atoms with Crippen molar-refractivity contribution in [3.8, 4) is 17.1 Å². The third-order valence-electron chi connectivity index (χ3n) is 4.12. The van der Waals surface area contributed by atoms with Crippen molar-refractivity contribution in [2.24, 2.45) is 0 Å². The number of aromatic amines is 1. The van der Waals surface area contributed by atoms with E-state index in [0.29, 0.717) is 5.65 Å². The lowest BCUT2D eigenvalue weighted by Gasteiger charge is -2.08. The van der Waals surface area contributed by atoms with E-state index in [4.69, 9.17) is 4.74 Å². The van der Waals surface area contributed by atoms with Gasteiger partial charge in [-0.3, -0.25) is 0 Å². The second-order valence-corrected chi connectivity index (χ2v) is 6.80. The fraction of sp³-hybridized carbons (Fsp3) is 0.100. The van der Waals surface area contributed by atoms with E-state index in [1.54, 1.807) is 13.3 Å². The van der Waals surface area contributed by atoms with E-state index in [1.807, 2.05) is 30.3 Å². The van der Waals surface area contributed by atoms with Gasteiger partial charge in [-0.1, -0.05) is 12.1 Å². The number of pyridine rings is 1. The highest BCUT2D eigenvalue weighted by atomic mass is 79.9. The summed E-state index contributed by atoms with van der Waals surface area (Å²) in [6, 6.07) is 18.2. The first-order chi connectivity index (χ1) is 12.7. The first-order valence-electron chi connectivity index (χ1n) is 8.20. The Morgan fingerprint density at radius 1 is 1.08 bits per heavy atom. The number of aromatic nitrogens is 3. The van der Waals surface area contributed by atoms with Crippen LogP contribution >= 0.6 is 15.9 Å². The lowest BCUT2D eigenvalue weighted by atomic mass is 10.2. The Balaban J connectivity index is 1.46. The minimum absolute atomic E-state index is 0.713. The summed E-state index contributed by atoms with van der Waals surface area (Å²) >= 11 is 3.43. The molecule has 0 spiro atoms. The van der Waals surface area contributed by atoms with Crippen LogP contribution in [-0.2, 0) is 6.54 Å². The molecule has 2 heterocycles. The fourth-order valence-electron chi connectivity index (χ4n) is 2.70. The molecule has 6 heteroatoms. The summed E-state index contributed by atoms with van der Waals surface area (Å²) in [7, 11) is 1.67. The average Bonchev–Trinajstić information content (AvgIpc) is 3.10. The van der Waals surface area contributed by atoms with Crippen LogP contribution in [0.1, 0.15) is 5.56 Å². The maximum atomic E-state index is 5.18. The van der Waals surface area contributed by atoms with Gasteiger partial charge in [0, 0.05) is 28.5 Å². The summed E-state index contributed by atoms with van der Waals surface area (Å²) in [5.41, 5.74) is 4.90. The second-order valence-electron chi connectivity index (χ2n) is 5.89. The first kappa shape index (κ1) is 16.6. The Labute approximate surface area is 159 Å². The lowest BCUT2D eigenvalue weighted by molar-refractivity contribution is 0.414. The zero-order chi connectivity index (χ0) is 17.9. The zero-order valence-electron chi connectivity index (χ0n) is 14.2. The number of anilines is 1. The number of methoxy groups -OCH3 is 1. The van der Waals surface area contributed by atoms with Crippen molar-refractivity contribution in [3.63, 3.8) is 0 Å². The predicted octanol–water partition coefficient (Wildman–Crippen LogP) is 5.01. The number of nitrogens with one attached hydrogen (secondary N) is 2. The number of hydrogen-bond donors (Lipinski definition) is 2. The van der Waals surface area contributed by atoms with Gasteiger partial charge in [0.05, 0.1) is 12.6 Å². The van der Waals surface area contributed by atoms with Crippen molar-refractivity contribution in [2.45, 2.75) is 6.54 Å². The quantitative estimate of drug-likeness (QED) is 0.487. The molecule has 0 unspecified atom stereocenters. The summed E-state index contributed by atoms with van der Waals surface area (Å²) in [5, 5.41) is 3.42. The third kappa shape index (κ3) is 3.55. The van der Waals surface area contributed by atoms with E-state index in [9.17, 15) is 0 Å². The highest BCUT2D eigenvalue weighted by molar-refractivity contribution is 9.10. The van der Waals surface area contributed by atoms with E-state index in [1.165, 1.54) is 5.56 Å². The summed E-state index contributed by atoms with van der Waals surface area (Å²) in [5.74, 6) is 1.68. The molecule has 26 heavy (non-hydrogen) atoms. The number of benzene rings is 2. The molecule has 2 N–H and O–H groups in total. The molecule has 0 aliphatic heterocycles. The van der Waals surface area contributed by atoms with Gasteiger partial charge in [-0.2, -0.15) is 0 Å². The normalized spacial score (nSPS) is 10.8. The van der Waals surface area contributed by atoms with Crippen molar-refractivity contribution >= 4 is 32.8 Å². The zero-order valence-corrected chi connectivity index (χ0v) is 15.7. The van der Waals surface area contributed by atoms with Gasteiger partial charge in [-0.05, 0) is 64.0 Å². The van der Waals surface area contributed by atoms with Crippen molar-refractivity contribution in [1.82, 2.24) is 15.0 Å². The van der Waals surface area contributed by atoms with Crippen molar-refractivity contribution in [2.75, 3.05) is 12.4 Å². The molecule has 0 radical (unpaired) electrons. The van der Waals surface area contributed by atoms with Gasteiger partial charge < -0.3 is 15.0 Å². The van der Waals surface area contributed by atoms with Gasteiger partial charge in [0.25, 0.3) is 0 Å². The number of fused-ring (bicyclic) bond motifs is 1. The Morgan fingerprint density at radius 2 is 1.85 bits per heavy atom. The highest BCUT2D eigenvalue weighted by Crippen LogP contribution is 2.23. The summed E-state index contributed by atoms with van der Waals surface area (Å²) in [4.78, 5) is 12.2. The van der Waals surface area contributed by atoms with Crippen LogP contribution < -0.4 is 10.1 Å². The second kappa shape index (κ2) is 7.17. The number of rotatable bonds is 5. The van der Waals surface area contributed by atoms with E-state index in [-0.39, 0.29) is 0 Å². The molecule has 4 rings (SSSR count). The lowest BCUT2D eigenvalue weighted by Crippen LogP contribution is -1.99. The van der Waals surface area contributed by atoms with Crippen molar-refractivity contribution in [3.05, 3.63) is 70.8 Å². The van der Waals surface area contributed by atoms with Gasteiger partial charge in [0.15, 0.2) is 5.65 Å². The van der Waals surface area contributed by atoms with Gasteiger partial charge in [0.2, 0.25) is 0 Å². The van der Waals surface area contributed by atoms with Crippen molar-refractivity contribution in [1.29, 1.82) is 0 Å². The first-order valence-corrected chi connectivity index (χ1v) is 8.99. The Bertz CT molecular complexity index is 1030. The number of hydrogen-bond acceptors (Lipinski definition) is 4. The maximum Gasteiger partial charge on any atom is 0.178 e. The SMILES string of the molecule is COc1ccc(CNc2ccc(-c3nc4ncc(Br)cc4[nH]3)cc2)cc1. The average molecular weight is 409 g/mol. The fourth-order valence-corrected chi connectivity index (χ4v) is 3.04. The van der Waals surface area contributed by atoms with Crippen LogP contribution in [0.3, 0.4) is 0 Å². The number of nitrogens with zero attached hydrogens (tertiary/aromatic N) is 2. The predicted molar refractivity (Wildman–Crippen MR) is 107 cm³/mol. The molecule has 0 saturated heterocycles. The standard InChI is InChI=1S/C20H17BrN4O/c1-26-17-8-2-13(3-9-17)11-22-16-6-4-14(5-7-16)19-24-18-10-15(21)12-23-20(18)25-19/h2-10,12,22H,11H2,1H3,(H,23,24,25). The van der Waals surface area contributed by atoms with Gasteiger partial charge in [-0.15, -0.1) is 0 Å². The molecular formula is C20H17BrN4O. The monoisotopic (exact) mass is 408 g/mol. The Morgan fingerprint density at radius 3 is 2.58 bits per heavy atom. The highest BCUT2D eigenvalue weighted by Gasteiger charge is 2.06. The smallest absolute Gasteiger partial charge is 0.178 e. The molecule has 2 aromatic heterocycles. The Kier molecular flexibility index (Phi) is 4.58. The number of ether oxygens (including phenoxy) is 1. The Hall–Kier alpha value is -2.86. The van der Waals surface area contributed by atoms with E-state index < -0.39 is 0 Å². The van der Waals surface area contributed by atoms with E-state index in [2.05, 4.69) is 60.5 Å². The molecular weight excluding hydrogens is 392 g/mol. The molecule has 0 bridgehead atoms. The minimum Gasteiger partial charge on any atom is -0.497 e. The van der Waals surface area contributed by atoms with E-state index >= 15 is 0 Å². The van der Waals surface area contributed by atoms with Crippen LogP contribution in [0.2, 0.25) is 0 Å².